The lowest BCUT2D eigenvalue weighted by molar-refractivity contribution is 0.0517. The van der Waals surface area contributed by atoms with Crippen LogP contribution in [0.1, 0.15) is 10.4 Å². The van der Waals surface area contributed by atoms with Gasteiger partial charge in [0.2, 0.25) is 3.84 Å². The first-order valence-electron chi connectivity index (χ1n) is 3.38. The Kier molecular flexibility index (Phi) is 4.48. The molecule has 0 aromatic carbocycles. The maximum Gasteiger partial charge on any atom is 0.372 e. The zero-order chi connectivity index (χ0) is 11.4. The average molecular weight is 361 g/mol. The quantitative estimate of drug-likeness (QED) is 0.164. The highest BCUT2D eigenvalue weighted by Gasteiger charge is 2.18. The Morgan fingerprint density at radius 1 is 1.47 bits per heavy atom. The van der Waals surface area contributed by atoms with Gasteiger partial charge < -0.3 is 10.6 Å². The van der Waals surface area contributed by atoms with Gasteiger partial charge in [0.1, 0.15) is 22.2 Å². The summed E-state index contributed by atoms with van der Waals surface area (Å²) in [5.74, 6) is -0.870. The van der Waals surface area contributed by atoms with Gasteiger partial charge in [-0.1, -0.05) is 28.4 Å². The van der Waals surface area contributed by atoms with Crippen molar-refractivity contribution in [1.82, 2.24) is 9.97 Å². The second-order valence-electron chi connectivity index (χ2n) is 2.12. The van der Waals surface area contributed by atoms with Crippen molar-refractivity contribution in [3.05, 3.63) is 22.2 Å². The topological polar surface area (TPSA) is 90.5 Å². The molecule has 15 heavy (non-hydrogen) atoms. The predicted octanol–water partition coefficient (Wildman–Crippen LogP) is 1.60. The molecule has 0 amide bonds. The normalized spacial score (nSPS) is 11.3. The summed E-state index contributed by atoms with van der Waals surface area (Å²) in [6.07, 6.45) is 1.12. The lowest BCUT2D eigenvalue weighted by Gasteiger charge is -2.01. The number of oxime groups is 1. The van der Waals surface area contributed by atoms with Gasteiger partial charge in [-0.2, -0.15) is 0 Å². The monoisotopic (exact) mass is 360 g/mol. The van der Waals surface area contributed by atoms with E-state index >= 15 is 0 Å². The highest BCUT2D eigenvalue weighted by atomic mass is 127. The Hall–Kier alpha value is -0.670. The fraction of sp³-hybridized carbons (Fsp3) is 0. The standard InChI is InChI=1S/C6H3Cl2IN4O2/c7-3-2(4(8)12-1-11-3)5(14)15-13-6(9)10/h1H,(H2,10,13). The third kappa shape index (κ3) is 3.43. The van der Waals surface area contributed by atoms with Crippen LogP contribution in [0, 0.1) is 0 Å². The minimum Gasteiger partial charge on any atom is -0.376 e. The number of rotatable bonds is 2. The van der Waals surface area contributed by atoms with Crippen LogP contribution in [0.15, 0.2) is 11.5 Å². The van der Waals surface area contributed by atoms with Crippen LogP contribution in [-0.4, -0.2) is 19.8 Å². The van der Waals surface area contributed by atoms with Gasteiger partial charge in [-0.25, -0.2) is 14.8 Å². The highest BCUT2D eigenvalue weighted by Crippen LogP contribution is 2.20. The molecule has 2 N–H and O–H groups in total. The van der Waals surface area contributed by atoms with Crippen LogP contribution in [0.2, 0.25) is 10.3 Å². The Morgan fingerprint density at radius 3 is 2.47 bits per heavy atom. The maximum absolute atomic E-state index is 11.4. The summed E-state index contributed by atoms with van der Waals surface area (Å²) < 4.78 is 0.0602. The molecule has 1 rings (SSSR count). The Labute approximate surface area is 108 Å². The lowest BCUT2D eigenvalue weighted by atomic mass is 10.3. The summed E-state index contributed by atoms with van der Waals surface area (Å²) in [5, 5.41) is 3.02. The van der Waals surface area contributed by atoms with Crippen LogP contribution < -0.4 is 5.73 Å². The number of hydrogen-bond donors (Lipinski definition) is 1. The van der Waals surface area contributed by atoms with Crippen molar-refractivity contribution in [1.29, 1.82) is 0 Å². The maximum atomic E-state index is 11.4. The fourth-order valence-electron chi connectivity index (χ4n) is 0.644. The molecule has 0 saturated carbocycles. The van der Waals surface area contributed by atoms with Gasteiger partial charge in [0.05, 0.1) is 0 Å². The van der Waals surface area contributed by atoms with E-state index in [1.165, 1.54) is 0 Å². The minimum absolute atomic E-state index is 0.0602. The van der Waals surface area contributed by atoms with Crippen molar-refractivity contribution in [3.63, 3.8) is 0 Å². The molecule has 0 spiro atoms. The van der Waals surface area contributed by atoms with Gasteiger partial charge in [-0.15, -0.1) is 0 Å². The molecule has 0 aliphatic rings. The molecule has 0 fully saturated rings. The first kappa shape index (κ1) is 12.4. The molecule has 0 atom stereocenters. The Balaban J connectivity index is 2.96. The smallest absolute Gasteiger partial charge is 0.372 e. The van der Waals surface area contributed by atoms with Gasteiger partial charge in [0, 0.05) is 22.6 Å². The lowest BCUT2D eigenvalue weighted by Crippen LogP contribution is -2.08. The minimum atomic E-state index is -0.870. The van der Waals surface area contributed by atoms with Crippen LogP contribution in [0.25, 0.3) is 0 Å². The van der Waals surface area contributed by atoms with Crippen molar-refractivity contribution >= 4 is 55.6 Å². The first-order chi connectivity index (χ1) is 7.02. The number of nitrogens with zero attached hydrogens (tertiary/aromatic N) is 3. The number of amidine groups is 1. The number of hydrogen-bond acceptors (Lipinski definition) is 5. The van der Waals surface area contributed by atoms with E-state index in [1.807, 2.05) is 0 Å². The van der Waals surface area contributed by atoms with E-state index < -0.39 is 5.97 Å². The van der Waals surface area contributed by atoms with E-state index in [0.29, 0.717) is 0 Å². The molecule has 0 bridgehead atoms. The molecule has 0 unspecified atom stereocenters. The molecule has 0 radical (unpaired) electrons. The van der Waals surface area contributed by atoms with Crippen LogP contribution >= 0.6 is 45.8 Å². The summed E-state index contributed by atoms with van der Waals surface area (Å²) in [5.41, 5.74) is 5.01. The van der Waals surface area contributed by atoms with Crippen LogP contribution in [-0.2, 0) is 4.84 Å². The summed E-state index contributed by atoms with van der Waals surface area (Å²) in [6, 6.07) is 0. The molecular formula is C6H3Cl2IN4O2. The Morgan fingerprint density at radius 2 is 2.00 bits per heavy atom. The molecule has 0 saturated heterocycles. The molecule has 80 valence electrons. The zero-order valence-corrected chi connectivity index (χ0v) is 10.6. The number of nitrogens with two attached hydrogens (primary N) is 1. The molecule has 0 aliphatic carbocycles. The van der Waals surface area contributed by atoms with Gasteiger partial charge in [-0.3, -0.25) is 0 Å². The van der Waals surface area contributed by atoms with Crippen LogP contribution in [0.4, 0.5) is 0 Å². The van der Waals surface area contributed by atoms with Crippen LogP contribution in [0.3, 0.4) is 0 Å². The highest BCUT2D eigenvalue weighted by molar-refractivity contribution is 14.1. The zero-order valence-electron chi connectivity index (χ0n) is 6.95. The van der Waals surface area contributed by atoms with Crippen molar-refractivity contribution in [2.45, 2.75) is 0 Å². The van der Waals surface area contributed by atoms with E-state index in [-0.39, 0.29) is 19.7 Å². The summed E-state index contributed by atoms with van der Waals surface area (Å²) in [7, 11) is 0. The first-order valence-corrected chi connectivity index (χ1v) is 5.22. The van der Waals surface area contributed by atoms with E-state index in [1.54, 1.807) is 22.6 Å². The number of carbonyl (C=O) groups excluding carboxylic acids is 1. The van der Waals surface area contributed by atoms with Gasteiger partial charge in [0.15, 0.2) is 0 Å². The molecule has 1 heterocycles. The summed E-state index contributed by atoms with van der Waals surface area (Å²) in [4.78, 5) is 22.9. The second-order valence-corrected chi connectivity index (χ2v) is 3.94. The Bertz CT molecular complexity index is 401. The molecular weight excluding hydrogens is 358 g/mol. The third-order valence-corrected chi connectivity index (χ3v) is 1.94. The third-order valence-electron chi connectivity index (χ3n) is 1.17. The predicted molar refractivity (Wildman–Crippen MR) is 63.1 cm³/mol. The van der Waals surface area contributed by atoms with E-state index in [0.717, 1.165) is 6.33 Å². The largest absolute Gasteiger partial charge is 0.376 e. The van der Waals surface area contributed by atoms with Crippen molar-refractivity contribution in [3.8, 4) is 0 Å². The van der Waals surface area contributed by atoms with E-state index in [9.17, 15) is 4.79 Å². The molecule has 9 heteroatoms. The average Bonchev–Trinajstić information content (AvgIpc) is 2.14. The van der Waals surface area contributed by atoms with Gasteiger partial charge >= 0.3 is 5.97 Å². The molecule has 6 nitrogen and oxygen atoms in total. The van der Waals surface area contributed by atoms with Crippen molar-refractivity contribution in [2.24, 2.45) is 10.9 Å². The fourth-order valence-corrected chi connectivity index (χ4v) is 1.21. The van der Waals surface area contributed by atoms with Crippen LogP contribution in [0.5, 0.6) is 0 Å². The molecule has 1 aromatic heterocycles. The van der Waals surface area contributed by atoms with Crippen molar-refractivity contribution in [2.75, 3.05) is 0 Å². The van der Waals surface area contributed by atoms with Gasteiger partial charge in [0.25, 0.3) is 0 Å². The molecule has 1 aromatic rings. The molecule has 0 aliphatic heterocycles. The van der Waals surface area contributed by atoms with Crippen molar-refractivity contribution < 1.29 is 9.63 Å². The summed E-state index contributed by atoms with van der Waals surface area (Å²) >= 11 is 12.9. The SMILES string of the molecule is N/C(I)=N/OC(=O)c1c(Cl)ncnc1Cl. The number of aromatic nitrogens is 2. The van der Waals surface area contributed by atoms with E-state index in [4.69, 9.17) is 28.9 Å². The number of carbonyl (C=O) groups is 1. The number of halogens is 3. The van der Waals surface area contributed by atoms with Gasteiger partial charge in [-0.05, 0) is 0 Å². The second kappa shape index (κ2) is 5.42. The summed E-state index contributed by atoms with van der Waals surface area (Å²) in [6.45, 7) is 0. The van der Waals surface area contributed by atoms with E-state index in [2.05, 4.69) is 20.0 Å².